The maximum atomic E-state index is 12.8. The highest BCUT2D eigenvalue weighted by atomic mass is 35.5. The van der Waals surface area contributed by atoms with Crippen LogP contribution in [0.1, 0.15) is 12.5 Å². The van der Waals surface area contributed by atoms with Crippen molar-refractivity contribution in [3.63, 3.8) is 0 Å². The molecule has 8 heteroatoms. The molecule has 1 aliphatic heterocycles. The highest BCUT2D eigenvalue weighted by molar-refractivity contribution is 6.31. The summed E-state index contributed by atoms with van der Waals surface area (Å²) in [5.41, 5.74) is 2.13. The summed E-state index contributed by atoms with van der Waals surface area (Å²) in [6.45, 7) is 0. The highest BCUT2D eigenvalue weighted by Crippen LogP contribution is 2.34. The summed E-state index contributed by atoms with van der Waals surface area (Å²) in [6.07, 6.45) is 1.63. The smallest absolute Gasteiger partial charge is 0.249 e. The molecule has 136 valence electrons. The molecule has 27 heavy (non-hydrogen) atoms. The second-order valence-electron chi connectivity index (χ2n) is 6.13. The van der Waals surface area contributed by atoms with Crippen molar-refractivity contribution in [3.8, 4) is 11.1 Å². The van der Waals surface area contributed by atoms with Crippen LogP contribution >= 0.6 is 23.2 Å². The molecule has 1 aliphatic rings. The fourth-order valence-electron chi connectivity index (χ4n) is 3.00. The van der Waals surface area contributed by atoms with E-state index in [1.54, 1.807) is 42.6 Å². The fraction of sp³-hybridized carbons (Fsp3) is 0.105. The zero-order chi connectivity index (χ0) is 19.0. The Hall–Kier alpha value is -2.83. The van der Waals surface area contributed by atoms with Gasteiger partial charge in [0.25, 0.3) is 0 Å². The van der Waals surface area contributed by atoms with E-state index in [0.29, 0.717) is 21.6 Å². The Bertz CT molecular complexity index is 1030. The Morgan fingerprint density at radius 2 is 1.93 bits per heavy atom. The van der Waals surface area contributed by atoms with Crippen LogP contribution in [0.4, 0.5) is 11.5 Å². The minimum Gasteiger partial charge on any atom is -0.324 e. The molecule has 0 saturated carbocycles. The van der Waals surface area contributed by atoms with Gasteiger partial charge in [-0.1, -0.05) is 41.4 Å². The van der Waals surface area contributed by atoms with E-state index in [4.69, 9.17) is 23.2 Å². The number of halogens is 2. The molecule has 4 rings (SSSR count). The maximum Gasteiger partial charge on any atom is 0.249 e. The number of anilines is 2. The lowest BCUT2D eigenvalue weighted by Gasteiger charge is -2.24. The fourth-order valence-corrected chi connectivity index (χ4v) is 3.32. The van der Waals surface area contributed by atoms with E-state index in [9.17, 15) is 9.59 Å². The molecule has 1 unspecified atom stereocenters. The molecule has 2 amide bonds. The average Bonchev–Trinajstić information content (AvgIpc) is 3.05. The van der Waals surface area contributed by atoms with Gasteiger partial charge in [-0.3, -0.25) is 9.59 Å². The highest BCUT2D eigenvalue weighted by Gasteiger charge is 2.33. The monoisotopic (exact) mass is 400 g/mol. The summed E-state index contributed by atoms with van der Waals surface area (Å²) < 4.78 is 1.53. The van der Waals surface area contributed by atoms with Crippen LogP contribution in [0, 0.1) is 0 Å². The number of rotatable bonds is 3. The van der Waals surface area contributed by atoms with Gasteiger partial charge in [-0.2, -0.15) is 5.10 Å². The summed E-state index contributed by atoms with van der Waals surface area (Å²) in [5, 5.41) is 11.1. The molecule has 1 atom stereocenters. The average molecular weight is 401 g/mol. The van der Waals surface area contributed by atoms with Crippen molar-refractivity contribution < 1.29 is 9.59 Å². The molecule has 1 aromatic heterocycles. The number of amides is 2. The second kappa shape index (κ2) is 7.06. The number of hydrogen-bond donors (Lipinski definition) is 2. The minimum atomic E-state index is -0.756. The first-order chi connectivity index (χ1) is 13.0. The van der Waals surface area contributed by atoms with Crippen LogP contribution in [-0.4, -0.2) is 21.6 Å². The van der Waals surface area contributed by atoms with E-state index in [2.05, 4.69) is 15.7 Å². The lowest BCUT2D eigenvalue weighted by atomic mass is 10.1. The van der Waals surface area contributed by atoms with E-state index in [0.717, 1.165) is 11.1 Å². The molecular formula is C19H14Cl2N4O2. The van der Waals surface area contributed by atoms with Crippen molar-refractivity contribution in [2.24, 2.45) is 0 Å². The number of carbonyl (C=O) groups excluding carboxylic acids is 2. The number of benzene rings is 2. The van der Waals surface area contributed by atoms with Crippen LogP contribution in [0.3, 0.4) is 0 Å². The van der Waals surface area contributed by atoms with Gasteiger partial charge in [-0.05, 0) is 35.9 Å². The van der Waals surface area contributed by atoms with Crippen molar-refractivity contribution in [3.05, 3.63) is 64.8 Å². The second-order valence-corrected chi connectivity index (χ2v) is 7.00. The van der Waals surface area contributed by atoms with Crippen molar-refractivity contribution in [1.29, 1.82) is 0 Å². The predicted octanol–water partition coefficient (Wildman–Crippen LogP) is 4.38. The SMILES string of the molecule is O=C1CC(C(=O)Nc2cccc(Cl)c2)n2ncc(-c3ccc(Cl)cc3)c2N1. The van der Waals surface area contributed by atoms with Crippen LogP contribution in [0.2, 0.25) is 10.0 Å². The van der Waals surface area contributed by atoms with Gasteiger partial charge in [0.05, 0.1) is 12.6 Å². The third-order valence-corrected chi connectivity index (χ3v) is 4.76. The Morgan fingerprint density at radius 3 is 2.67 bits per heavy atom. The number of nitrogens with zero attached hydrogens (tertiary/aromatic N) is 2. The van der Waals surface area contributed by atoms with Gasteiger partial charge >= 0.3 is 0 Å². The first-order valence-corrected chi connectivity index (χ1v) is 8.96. The molecule has 0 saturated heterocycles. The Labute approximate surface area is 165 Å². The van der Waals surface area contributed by atoms with Crippen molar-refractivity contribution in [1.82, 2.24) is 9.78 Å². The van der Waals surface area contributed by atoms with Gasteiger partial charge in [0.1, 0.15) is 11.9 Å². The van der Waals surface area contributed by atoms with Gasteiger partial charge in [0.2, 0.25) is 11.8 Å². The van der Waals surface area contributed by atoms with E-state index in [-0.39, 0.29) is 18.2 Å². The normalized spacial score (nSPS) is 15.8. The Morgan fingerprint density at radius 1 is 1.15 bits per heavy atom. The molecule has 0 aliphatic carbocycles. The van der Waals surface area contributed by atoms with Crippen LogP contribution in [-0.2, 0) is 9.59 Å². The first kappa shape index (κ1) is 17.6. The molecule has 0 bridgehead atoms. The summed E-state index contributed by atoms with van der Waals surface area (Å²) in [7, 11) is 0. The van der Waals surface area contributed by atoms with Gasteiger partial charge < -0.3 is 10.6 Å². The van der Waals surface area contributed by atoms with Crippen LogP contribution in [0.25, 0.3) is 11.1 Å². The quantitative estimate of drug-likeness (QED) is 0.684. The van der Waals surface area contributed by atoms with Crippen LogP contribution < -0.4 is 10.6 Å². The minimum absolute atomic E-state index is 0.00113. The van der Waals surface area contributed by atoms with Gasteiger partial charge in [-0.25, -0.2) is 4.68 Å². The lowest BCUT2D eigenvalue weighted by molar-refractivity contribution is -0.125. The molecule has 0 radical (unpaired) electrons. The molecule has 2 aromatic carbocycles. The maximum absolute atomic E-state index is 12.8. The number of aromatic nitrogens is 2. The van der Waals surface area contributed by atoms with Gasteiger partial charge in [0, 0.05) is 21.3 Å². The zero-order valence-electron chi connectivity index (χ0n) is 13.9. The summed E-state index contributed by atoms with van der Waals surface area (Å²) in [5.74, 6) is -0.0941. The zero-order valence-corrected chi connectivity index (χ0v) is 15.5. The Balaban J connectivity index is 1.66. The third-order valence-electron chi connectivity index (χ3n) is 4.28. The first-order valence-electron chi connectivity index (χ1n) is 8.21. The molecule has 3 aromatic rings. The lowest BCUT2D eigenvalue weighted by Crippen LogP contribution is -2.35. The largest absolute Gasteiger partial charge is 0.324 e. The number of nitrogens with one attached hydrogen (secondary N) is 2. The van der Waals surface area contributed by atoms with Crippen LogP contribution in [0.15, 0.2) is 54.7 Å². The van der Waals surface area contributed by atoms with E-state index < -0.39 is 6.04 Å². The summed E-state index contributed by atoms with van der Waals surface area (Å²) in [4.78, 5) is 25.0. The molecular weight excluding hydrogens is 387 g/mol. The molecule has 2 N–H and O–H groups in total. The van der Waals surface area contributed by atoms with Crippen molar-refractivity contribution in [2.45, 2.75) is 12.5 Å². The summed E-state index contributed by atoms with van der Waals surface area (Å²) in [6, 6.07) is 13.3. The number of fused-ring (bicyclic) bond motifs is 1. The van der Waals surface area contributed by atoms with Gasteiger partial charge in [0.15, 0.2) is 0 Å². The van der Waals surface area contributed by atoms with E-state index in [1.165, 1.54) is 4.68 Å². The standard InChI is InChI=1S/C19H14Cl2N4O2/c20-12-6-4-11(5-7-12)15-10-22-25-16(9-17(26)24-18(15)25)19(27)23-14-3-1-2-13(21)8-14/h1-8,10,16H,9H2,(H,23,27)(H,24,26). The number of carbonyl (C=O) groups is 2. The predicted molar refractivity (Wildman–Crippen MR) is 105 cm³/mol. The summed E-state index contributed by atoms with van der Waals surface area (Å²) >= 11 is 11.9. The molecule has 2 heterocycles. The van der Waals surface area contributed by atoms with Crippen LogP contribution in [0.5, 0.6) is 0 Å². The van der Waals surface area contributed by atoms with Gasteiger partial charge in [-0.15, -0.1) is 0 Å². The Kier molecular flexibility index (Phi) is 4.59. The topological polar surface area (TPSA) is 76.0 Å². The van der Waals surface area contributed by atoms with E-state index >= 15 is 0 Å². The molecule has 6 nitrogen and oxygen atoms in total. The third kappa shape index (κ3) is 3.54. The van der Waals surface area contributed by atoms with E-state index in [1.807, 2.05) is 12.1 Å². The van der Waals surface area contributed by atoms with Crippen molar-refractivity contribution >= 4 is 46.5 Å². The molecule has 0 fully saturated rings. The molecule has 0 spiro atoms. The number of hydrogen-bond acceptors (Lipinski definition) is 3. The van der Waals surface area contributed by atoms with Crippen molar-refractivity contribution in [2.75, 3.05) is 10.6 Å².